The topological polar surface area (TPSA) is 38.8 Å². The molecule has 0 fully saturated rings. The quantitative estimate of drug-likeness (QED) is 0.770. The van der Waals surface area contributed by atoms with Crippen molar-refractivity contribution in [3.63, 3.8) is 0 Å². The van der Waals surface area contributed by atoms with Gasteiger partial charge in [0.1, 0.15) is 11.5 Å². The maximum absolute atomic E-state index is 12.8. The summed E-state index contributed by atoms with van der Waals surface area (Å²) in [7, 11) is 1.65. The fourth-order valence-electron chi connectivity index (χ4n) is 3.10. The summed E-state index contributed by atoms with van der Waals surface area (Å²) < 4.78 is 10.9. The third-order valence-corrected chi connectivity index (χ3v) is 4.81. The van der Waals surface area contributed by atoms with Gasteiger partial charge in [0.05, 0.1) is 7.11 Å². The molecule has 136 valence electrons. The number of anilines is 1. The highest BCUT2D eigenvalue weighted by Crippen LogP contribution is 2.37. The lowest BCUT2D eigenvalue weighted by Crippen LogP contribution is -2.36. The molecule has 0 amide bonds. The molecular formula is C22H25NO3. The van der Waals surface area contributed by atoms with Gasteiger partial charge in [-0.25, -0.2) is 0 Å². The third-order valence-electron chi connectivity index (χ3n) is 4.81. The van der Waals surface area contributed by atoms with Crippen molar-refractivity contribution in [1.29, 1.82) is 0 Å². The second-order valence-electron chi connectivity index (χ2n) is 7.09. The van der Waals surface area contributed by atoms with Crippen molar-refractivity contribution in [3.8, 4) is 11.5 Å². The number of carbonyl (C=O) groups excluding carboxylic acids is 1. The molecule has 2 aromatic carbocycles. The zero-order valence-electron chi connectivity index (χ0n) is 15.6. The van der Waals surface area contributed by atoms with E-state index in [0.29, 0.717) is 5.75 Å². The standard InChI is InChI=1S/C22H25NO3/c1-22(2)13-14-23(17-9-11-18(25-3)12-10-17)15-20(22)21(24)16-26-19-7-5-4-6-8-19/h4-12,15H,13-14,16H2,1-3H3. The van der Waals surface area contributed by atoms with Crippen LogP contribution in [0.5, 0.6) is 11.5 Å². The van der Waals surface area contributed by atoms with Gasteiger partial charge in [0.25, 0.3) is 0 Å². The minimum absolute atomic E-state index is 0.0251. The van der Waals surface area contributed by atoms with E-state index in [2.05, 4.69) is 18.7 Å². The van der Waals surface area contributed by atoms with E-state index in [9.17, 15) is 4.79 Å². The summed E-state index contributed by atoms with van der Waals surface area (Å²) in [6, 6.07) is 17.3. The van der Waals surface area contributed by atoms with E-state index in [1.807, 2.05) is 60.8 Å². The van der Waals surface area contributed by atoms with E-state index < -0.39 is 0 Å². The lowest BCUT2D eigenvalue weighted by molar-refractivity contribution is -0.118. The first-order chi connectivity index (χ1) is 12.5. The highest BCUT2D eigenvalue weighted by atomic mass is 16.5. The van der Waals surface area contributed by atoms with Crippen molar-refractivity contribution in [2.45, 2.75) is 20.3 Å². The summed E-state index contributed by atoms with van der Waals surface area (Å²) in [5.74, 6) is 1.56. The van der Waals surface area contributed by atoms with Gasteiger partial charge in [0.15, 0.2) is 12.4 Å². The Morgan fingerprint density at radius 1 is 1.04 bits per heavy atom. The molecule has 1 aliphatic heterocycles. The van der Waals surface area contributed by atoms with Gasteiger partial charge in [-0.15, -0.1) is 0 Å². The molecule has 0 aromatic heterocycles. The first-order valence-corrected chi connectivity index (χ1v) is 8.84. The van der Waals surface area contributed by atoms with Crippen LogP contribution in [0.1, 0.15) is 20.3 Å². The molecule has 4 heteroatoms. The van der Waals surface area contributed by atoms with Gasteiger partial charge in [0.2, 0.25) is 0 Å². The highest BCUT2D eigenvalue weighted by Gasteiger charge is 2.33. The maximum atomic E-state index is 12.8. The maximum Gasteiger partial charge on any atom is 0.198 e. The molecule has 3 rings (SSSR count). The fraction of sp³-hybridized carbons (Fsp3) is 0.318. The van der Waals surface area contributed by atoms with E-state index in [0.717, 1.165) is 30.0 Å². The van der Waals surface area contributed by atoms with E-state index in [1.165, 1.54) is 0 Å². The summed E-state index contributed by atoms with van der Waals surface area (Å²) in [4.78, 5) is 14.9. The fourth-order valence-corrected chi connectivity index (χ4v) is 3.10. The lowest BCUT2D eigenvalue weighted by Gasteiger charge is -2.37. The number of hydrogen-bond acceptors (Lipinski definition) is 4. The van der Waals surface area contributed by atoms with Crippen LogP contribution in [0.2, 0.25) is 0 Å². The number of ether oxygens (including phenoxy) is 2. The molecule has 0 aliphatic carbocycles. The molecule has 0 saturated carbocycles. The Hall–Kier alpha value is -2.75. The average molecular weight is 351 g/mol. The van der Waals surface area contributed by atoms with Gasteiger partial charge in [-0.2, -0.15) is 0 Å². The second-order valence-corrected chi connectivity index (χ2v) is 7.09. The van der Waals surface area contributed by atoms with Crippen LogP contribution < -0.4 is 14.4 Å². The van der Waals surface area contributed by atoms with Crippen LogP contribution in [0, 0.1) is 5.41 Å². The van der Waals surface area contributed by atoms with Gasteiger partial charge >= 0.3 is 0 Å². The monoisotopic (exact) mass is 351 g/mol. The van der Waals surface area contributed by atoms with Crippen molar-refractivity contribution in [3.05, 3.63) is 66.4 Å². The van der Waals surface area contributed by atoms with Gasteiger partial charge in [-0.05, 0) is 48.2 Å². The molecule has 0 bridgehead atoms. The van der Waals surface area contributed by atoms with Crippen LogP contribution in [0.15, 0.2) is 66.4 Å². The zero-order valence-corrected chi connectivity index (χ0v) is 15.6. The van der Waals surface area contributed by atoms with Crippen molar-refractivity contribution < 1.29 is 14.3 Å². The van der Waals surface area contributed by atoms with E-state index in [4.69, 9.17) is 9.47 Å². The van der Waals surface area contributed by atoms with Crippen LogP contribution in [-0.4, -0.2) is 26.0 Å². The third kappa shape index (κ3) is 4.07. The Balaban J connectivity index is 1.77. The van der Waals surface area contributed by atoms with Gasteiger partial charge < -0.3 is 14.4 Å². The molecular weight excluding hydrogens is 326 g/mol. The minimum atomic E-state index is -0.167. The number of carbonyl (C=O) groups is 1. The zero-order chi connectivity index (χ0) is 18.6. The first kappa shape index (κ1) is 18.1. The summed E-state index contributed by atoms with van der Waals surface area (Å²) in [6.45, 7) is 5.15. The SMILES string of the molecule is COc1ccc(N2C=C(C(=O)COc3ccccc3)C(C)(C)CC2)cc1. The number of nitrogens with zero attached hydrogens (tertiary/aromatic N) is 1. The van der Waals surface area contributed by atoms with Crippen molar-refractivity contribution >= 4 is 11.5 Å². The lowest BCUT2D eigenvalue weighted by atomic mass is 9.77. The molecule has 0 saturated heterocycles. The summed E-state index contributed by atoms with van der Waals surface area (Å²) in [6.07, 6.45) is 2.88. The summed E-state index contributed by atoms with van der Waals surface area (Å²) in [5.41, 5.74) is 1.69. The molecule has 0 unspecified atom stereocenters. The predicted molar refractivity (Wildman–Crippen MR) is 104 cm³/mol. The van der Waals surface area contributed by atoms with Crippen LogP contribution in [0.25, 0.3) is 0 Å². The van der Waals surface area contributed by atoms with Gasteiger partial charge in [0, 0.05) is 24.0 Å². The van der Waals surface area contributed by atoms with E-state index in [-0.39, 0.29) is 17.8 Å². The van der Waals surface area contributed by atoms with E-state index >= 15 is 0 Å². The van der Waals surface area contributed by atoms with Crippen molar-refractivity contribution in [2.75, 3.05) is 25.2 Å². The molecule has 1 aliphatic rings. The Bertz CT molecular complexity index is 779. The van der Waals surface area contributed by atoms with Crippen LogP contribution >= 0.6 is 0 Å². The first-order valence-electron chi connectivity index (χ1n) is 8.84. The molecule has 0 radical (unpaired) electrons. The molecule has 4 nitrogen and oxygen atoms in total. The molecule has 0 atom stereocenters. The number of benzene rings is 2. The number of hydrogen-bond donors (Lipinski definition) is 0. The number of methoxy groups -OCH3 is 1. The smallest absolute Gasteiger partial charge is 0.198 e. The molecule has 0 N–H and O–H groups in total. The van der Waals surface area contributed by atoms with E-state index in [1.54, 1.807) is 7.11 Å². The number of rotatable bonds is 6. The Kier molecular flexibility index (Phi) is 5.31. The van der Waals surface area contributed by atoms with Crippen molar-refractivity contribution in [1.82, 2.24) is 0 Å². The van der Waals surface area contributed by atoms with Gasteiger partial charge in [-0.1, -0.05) is 32.0 Å². The molecule has 1 heterocycles. The Morgan fingerprint density at radius 2 is 1.73 bits per heavy atom. The largest absolute Gasteiger partial charge is 0.497 e. The number of ketones is 1. The number of para-hydroxylation sites is 1. The minimum Gasteiger partial charge on any atom is -0.497 e. The Morgan fingerprint density at radius 3 is 2.38 bits per heavy atom. The predicted octanol–water partition coefficient (Wildman–Crippen LogP) is 4.46. The highest BCUT2D eigenvalue weighted by molar-refractivity contribution is 5.98. The molecule has 2 aromatic rings. The molecule has 0 spiro atoms. The number of Topliss-reactive ketones (excluding diaryl/α,β-unsaturated/α-hetero) is 1. The average Bonchev–Trinajstić information content (AvgIpc) is 2.67. The van der Waals surface area contributed by atoms with Crippen LogP contribution in [0.3, 0.4) is 0 Å². The second kappa shape index (κ2) is 7.65. The summed E-state index contributed by atoms with van der Waals surface area (Å²) >= 11 is 0. The van der Waals surface area contributed by atoms with Crippen molar-refractivity contribution in [2.24, 2.45) is 5.41 Å². The van der Waals surface area contributed by atoms with Crippen LogP contribution in [-0.2, 0) is 4.79 Å². The Labute approximate surface area is 155 Å². The molecule has 26 heavy (non-hydrogen) atoms. The van der Waals surface area contributed by atoms with Crippen LogP contribution in [0.4, 0.5) is 5.69 Å². The normalized spacial score (nSPS) is 16.0. The van der Waals surface area contributed by atoms with Gasteiger partial charge in [-0.3, -0.25) is 4.79 Å². The summed E-state index contributed by atoms with van der Waals surface area (Å²) in [5, 5.41) is 0.